The van der Waals surface area contributed by atoms with Gasteiger partial charge in [0.25, 0.3) is 0 Å². The SMILES string of the molecule is C/C=C/CCNC1CS(=O)(=O)CC1O. The molecule has 2 N–H and O–H groups in total. The number of sulfone groups is 1. The first-order valence-electron chi connectivity index (χ1n) is 4.78. The van der Waals surface area contributed by atoms with Crippen molar-refractivity contribution in [1.82, 2.24) is 5.32 Å². The maximum absolute atomic E-state index is 11.1. The average Bonchev–Trinajstić information content (AvgIpc) is 2.34. The van der Waals surface area contributed by atoms with Gasteiger partial charge in [0.1, 0.15) is 0 Å². The largest absolute Gasteiger partial charge is 0.390 e. The molecular formula is C9H17NO3S. The van der Waals surface area contributed by atoms with Crippen LogP contribution in [0.1, 0.15) is 13.3 Å². The van der Waals surface area contributed by atoms with Crippen molar-refractivity contribution in [3.05, 3.63) is 12.2 Å². The molecule has 82 valence electrons. The summed E-state index contributed by atoms with van der Waals surface area (Å²) in [5, 5.41) is 12.5. The van der Waals surface area contributed by atoms with E-state index in [1.54, 1.807) is 0 Å². The summed E-state index contributed by atoms with van der Waals surface area (Å²) in [5.41, 5.74) is 0. The molecule has 0 aromatic heterocycles. The second-order valence-corrected chi connectivity index (χ2v) is 5.72. The lowest BCUT2D eigenvalue weighted by molar-refractivity contribution is 0.166. The van der Waals surface area contributed by atoms with E-state index in [1.165, 1.54) is 0 Å². The van der Waals surface area contributed by atoms with Gasteiger partial charge in [-0.1, -0.05) is 12.2 Å². The lowest BCUT2D eigenvalue weighted by Crippen LogP contribution is -2.39. The number of nitrogens with one attached hydrogen (secondary N) is 1. The zero-order valence-corrected chi connectivity index (χ0v) is 9.13. The molecule has 0 spiro atoms. The standard InChI is InChI=1S/C9H17NO3S/c1-2-3-4-5-10-8-6-14(12,13)7-9(8)11/h2-3,8-11H,4-7H2,1H3/b3-2+. The molecule has 0 radical (unpaired) electrons. The summed E-state index contributed by atoms with van der Waals surface area (Å²) in [7, 11) is -3.02. The summed E-state index contributed by atoms with van der Waals surface area (Å²) >= 11 is 0. The monoisotopic (exact) mass is 219 g/mol. The molecule has 2 atom stereocenters. The molecule has 1 aliphatic rings. The van der Waals surface area contributed by atoms with Crippen molar-refractivity contribution in [3.8, 4) is 0 Å². The Balaban J connectivity index is 2.32. The second-order valence-electron chi connectivity index (χ2n) is 3.56. The van der Waals surface area contributed by atoms with Crippen molar-refractivity contribution >= 4 is 9.84 Å². The number of hydrogen-bond donors (Lipinski definition) is 2. The smallest absolute Gasteiger partial charge is 0.154 e. The molecule has 1 saturated heterocycles. The summed E-state index contributed by atoms with van der Waals surface area (Å²) < 4.78 is 22.3. The zero-order chi connectivity index (χ0) is 10.6. The molecule has 0 aliphatic carbocycles. The molecule has 1 heterocycles. The van der Waals surface area contributed by atoms with E-state index in [0.717, 1.165) is 6.42 Å². The molecular weight excluding hydrogens is 202 g/mol. The molecule has 1 fully saturated rings. The van der Waals surface area contributed by atoms with Gasteiger partial charge in [-0.05, 0) is 19.9 Å². The number of rotatable bonds is 4. The van der Waals surface area contributed by atoms with Crippen LogP contribution in [0.5, 0.6) is 0 Å². The summed E-state index contributed by atoms with van der Waals surface area (Å²) in [4.78, 5) is 0. The lowest BCUT2D eigenvalue weighted by atomic mass is 10.2. The van der Waals surface area contributed by atoms with E-state index in [-0.39, 0.29) is 17.5 Å². The van der Waals surface area contributed by atoms with Gasteiger partial charge < -0.3 is 10.4 Å². The zero-order valence-electron chi connectivity index (χ0n) is 8.31. The Kier molecular flexibility index (Phi) is 4.10. The van der Waals surface area contributed by atoms with Crippen LogP contribution in [-0.4, -0.2) is 43.7 Å². The van der Waals surface area contributed by atoms with Crippen LogP contribution in [0.2, 0.25) is 0 Å². The minimum atomic E-state index is -3.02. The lowest BCUT2D eigenvalue weighted by Gasteiger charge is -2.13. The normalized spacial score (nSPS) is 31.3. The maximum atomic E-state index is 11.1. The minimum absolute atomic E-state index is 0.0595. The summed E-state index contributed by atoms with van der Waals surface area (Å²) in [6.07, 6.45) is 4.07. The third kappa shape index (κ3) is 3.40. The molecule has 0 amide bonds. The summed E-state index contributed by atoms with van der Waals surface area (Å²) in [5.74, 6) is -0.0434. The van der Waals surface area contributed by atoms with Crippen LogP contribution in [0.25, 0.3) is 0 Å². The van der Waals surface area contributed by atoms with E-state index in [4.69, 9.17) is 0 Å². The van der Waals surface area contributed by atoms with E-state index in [0.29, 0.717) is 6.54 Å². The predicted molar refractivity (Wildman–Crippen MR) is 55.9 cm³/mol. The highest BCUT2D eigenvalue weighted by atomic mass is 32.2. The highest BCUT2D eigenvalue weighted by molar-refractivity contribution is 7.91. The molecule has 0 bridgehead atoms. The van der Waals surface area contributed by atoms with Crippen LogP contribution in [0, 0.1) is 0 Å². The molecule has 2 unspecified atom stereocenters. The summed E-state index contributed by atoms with van der Waals surface area (Å²) in [6.45, 7) is 2.65. The van der Waals surface area contributed by atoms with Crippen molar-refractivity contribution in [3.63, 3.8) is 0 Å². The molecule has 1 rings (SSSR count). The van der Waals surface area contributed by atoms with E-state index in [1.807, 2.05) is 19.1 Å². The van der Waals surface area contributed by atoms with Gasteiger partial charge >= 0.3 is 0 Å². The Morgan fingerprint density at radius 2 is 2.21 bits per heavy atom. The highest BCUT2D eigenvalue weighted by Gasteiger charge is 2.35. The molecule has 14 heavy (non-hydrogen) atoms. The van der Waals surface area contributed by atoms with E-state index < -0.39 is 15.9 Å². The Morgan fingerprint density at radius 3 is 2.71 bits per heavy atom. The predicted octanol–water partition coefficient (Wildman–Crippen LogP) is -0.300. The van der Waals surface area contributed by atoms with Crippen LogP contribution >= 0.6 is 0 Å². The van der Waals surface area contributed by atoms with Crippen LogP contribution < -0.4 is 5.32 Å². The third-order valence-electron chi connectivity index (χ3n) is 2.28. The van der Waals surface area contributed by atoms with E-state index >= 15 is 0 Å². The average molecular weight is 219 g/mol. The fourth-order valence-corrected chi connectivity index (χ4v) is 3.32. The molecule has 5 heteroatoms. The van der Waals surface area contributed by atoms with Crippen molar-refractivity contribution < 1.29 is 13.5 Å². The minimum Gasteiger partial charge on any atom is -0.390 e. The number of hydrogen-bond acceptors (Lipinski definition) is 4. The first kappa shape index (κ1) is 11.7. The molecule has 4 nitrogen and oxygen atoms in total. The number of aliphatic hydroxyl groups excluding tert-OH is 1. The molecule has 0 saturated carbocycles. The second kappa shape index (κ2) is 4.91. The van der Waals surface area contributed by atoms with Crippen molar-refractivity contribution in [1.29, 1.82) is 0 Å². The first-order valence-corrected chi connectivity index (χ1v) is 6.60. The fraction of sp³-hybridized carbons (Fsp3) is 0.778. The van der Waals surface area contributed by atoms with Crippen LogP contribution in [0.15, 0.2) is 12.2 Å². The first-order chi connectivity index (χ1) is 6.55. The van der Waals surface area contributed by atoms with Gasteiger partial charge in [-0.2, -0.15) is 0 Å². The topological polar surface area (TPSA) is 66.4 Å². The van der Waals surface area contributed by atoms with Gasteiger partial charge in [-0.15, -0.1) is 0 Å². The number of aliphatic hydroxyl groups is 1. The third-order valence-corrected chi connectivity index (χ3v) is 3.99. The van der Waals surface area contributed by atoms with Crippen LogP contribution in [0.4, 0.5) is 0 Å². The number of allylic oxidation sites excluding steroid dienone is 1. The molecule has 1 aliphatic heterocycles. The van der Waals surface area contributed by atoms with Gasteiger partial charge in [-0.3, -0.25) is 0 Å². The Hall–Kier alpha value is -0.390. The van der Waals surface area contributed by atoms with E-state index in [9.17, 15) is 13.5 Å². The maximum Gasteiger partial charge on any atom is 0.154 e. The molecule has 0 aromatic rings. The van der Waals surface area contributed by atoms with Gasteiger partial charge in [0.05, 0.1) is 17.6 Å². The van der Waals surface area contributed by atoms with Crippen LogP contribution in [0.3, 0.4) is 0 Å². The Labute approximate surface area is 84.9 Å². The van der Waals surface area contributed by atoms with E-state index in [2.05, 4.69) is 5.32 Å². The van der Waals surface area contributed by atoms with Crippen molar-refractivity contribution in [2.24, 2.45) is 0 Å². The van der Waals surface area contributed by atoms with Gasteiger partial charge in [0.2, 0.25) is 0 Å². The van der Waals surface area contributed by atoms with Gasteiger partial charge in [0, 0.05) is 6.04 Å². The van der Waals surface area contributed by atoms with Crippen molar-refractivity contribution in [2.45, 2.75) is 25.5 Å². The van der Waals surface area contributed by atoms with Gasteiger partial charge in [-0.25, -0.2) is 8.42 Å². The van der Waals surface area contributed by atoms with Crippen LogP contribution in [-0.2, 0) is 9.84 Å². The highest BCUT2D eigenvalue weighted by Crippen LogP contribution is 2.12. The molecule has 0 aromatic carbocycles. The summed E-state index contributed by atoms with van der Waals surface area (Å²) in [6, 6.07) is -0.287. The van der Waals surface area contributed by atoms with Gasteiger partial charge in [0.15, 0.2) is 9.84 Å². The quantitative estimate of drug-likeness (QED) is 0.503. The van der Waals surface area contributed by atoms with Crippen molar-refractivity contribution in [2.75, 3.05) is 18.1 Å². The Bertz CT molecular complexity index is 297. The Morgan fingerprint density at radius 1 is 1.50 bits per heavy atom. The fourth-order valence-electron chi connectivity index (χ4n) is 1.54.